The summed E-state index contributed by atoms with van der Waals surface area (Å²) in [6.45, 7) is 4.79. The number of carbonyl (C=O) groups is 1. The summed E-state index contributed by atoms with van der Waals surface area (Å²) in [5.74, 6) is 0.654. The number of sulfonamides is 1. The van der Waals surface area contributed by atoms with Crippen LogP contribution in [0.25, 0.3) is 0 Å². The summed E-state index contributed by atoms with van der Waals surface area (Å²) in [6, 6.07) is 12.0. The second kappa shape index (κ2) is 9.49. The van der Waals surface area contributed by atoms with Crippen LogP contribution in [0.4, 0.5) is 5.69 Å². The predicted octanol–water partition coefficient (Wildman–Crippen LogP) is 3.58. The third-order valence-corrected chi connectivity index (χ3v) is 7.05. The topological polar surface area (TPSA) is 84.9 Å². The molecule has 30 heavy (non-hydrogen) atoms. The van der Waals surface area contributed by atoms with Crippen LogP contribution in [-0.4, -0.2) is 44.9 Å². The summed E-state index contributed by atoms with van der Waals surface area (Å²) in [6.07, 6.45) is 1.43. The van der Waals surface area contributed by atoms with Gasteiger partial charge in [0.05, 0.1) is 17.7 Å². The largest absolute Gasteiger partial charge is 0.495 e. The Balaban J connectivity index is 1.83. The number of para-hydroxylation sites is 1. The molecule has 1 amide bonds. The van der Waals surface area contributed by atoms with Crippen LogP contribution in [-0.2, 0) is 14.8 Å². The second-order valence-electron chi connectivity index (χ2n) is 7.24. The number of amides is 1. The van der Waals surface area contributed by atoms with Crippen LogP contribution in [0.1, 0.15) is 31.7 Å². The molecule has 0 saturated carbocycles. The lowest BCUT2D eigenvalue weighted by Crippen LogP contribution is -2.33. The number of aryl methyl sites for hydroxylation is 1. The van der Waals surface area contributed by atoms with E-state index in [1.165, 1.54) is 23.5 Å². The van der Waals surface area contributed by atoms with Gasteiger partial charge < -0.3 is 14.8 Å². The van der Waals surface area contributed by atoms with Gasteiger partial charge in [0.1, 0.15) is 11.5 Å². The zero-order valence-corrected chi connectivity index (χ0v) is 18.4. The van der Waals surface area contributed by atoms with E-state index in [0.717, 1.165) is 18.4 Å². The number of methoxy groups -OCH3 is 1. The monoisotopic (exact) mass is 432 g/mol. The molecule has 1 heterocycles. The molecule has 0 aliphatic carbocycles. The normalized spacial score (nSPS) is 15.6. The van der Waals surface area contributed by atoms with E-state index in [9.17, 15) is 13.2 Å². The number of benzene rings is 2. The van der Waals surface area contributed by atoms with Crippen LogP contribution in [0.5, 0.6) is 11.5 Å². The van der Waals surface area contributed by atoms with Crippen LogP contribution in [0.15, 0.2) is 47.4 Å². The van der Waals surface area contributed by atoms with Crippen LogP contribution < -0.4 is 14.8 Å². The van der Waals surface area contributed by atoms with Crippen molar-refractivity contribution in [2.75, 3.05) is 25.5 Å². The fourth-order valence-electron chi connectivity index (χ4n) is 3.40. The Morgan fingerprint density at radius 3 is 2.47 bits per heavy atom. The van der Waals surface area contributed by atoms with Gasteiger partial charge in [-0.2, -0.15) is 4.31 Å². The smallest absolute Gasteiger partial charge is 0.265 e. The predicted molar refractivity (Wildman–Crippen MR) is 116 cm³/mol. The molecule has 8 heteroatoms. The molecule has 0 spiro atoms. The van der Waals surface area contributed by atoms with Crippen LogP contribution in [0.2, 0.25) is 0 Å². The van der Waals surface area contributed by atoms with Crippen molar-refractivity contribution >= 4 is 21.6 Å². The van der Waals surface area contributed by atoms with Gasteiger partial charge in [0.25, 0.3) is 5.91 Å². The fraction of sp³-hybridized carbons (Fsp3) is 0.409. The molecular weight excluding hydrogens is 404 g/mol. The average molecular weight is 433 g/mol. The summed E-state index contributed by atoms with van der Waals surface area (Å²) >= 11 is 0. The highest BCUT2D eigenvalue weighted by molar-refractivity contribution is 7.89. The third kappa shape index (κ3) is 4.76. The Hall–Kier alpha value is -2.58. The third-order valence-electron chi connectivity index (χ3n) is 5.16. The zero-order valence-electron chi connectivity index (χ0n) is 17.6. The van der Waals surface area contributed by atoms with Crippen LogP contribution >= 0.6 is 0 Å². The Morgan fingerprint density at radius 2 is 1.83 bits per heavy atom. The standard InChI is InChI=1S/C22H28N2O5S/c1-4-19(29-20-10-6-5-9-16(20)2)22(25)23-18-15-17(11-12-21(18)28-3)30(26,27)24-13-7-8-14-24/h5-6,9-12,15,19H,4,7-8,13-14H2,1-3H3,(H,23,25)/t19-/m1/s1. The number of anilines is 1. The average Bonchev–Trinajstić information content (AvgIpc) is 3.29. The van der Waals surface area contributed by atoms with Gasteiger partial charge in [-0.1, -0.05) is 25.1 Å². The van der Waals surface area contributed by atoms with Crippen molar-refractivity contribution in [3.8, 4) is 11.5 Å². The van der Waals surface area contributed by atoms with Gasteiger partial charge in [0, 0.05) is 13.1 Å². The highest BCUT2D eigenvalue weighted by Crippen LogP contribution is 2.30. The Kier molecular flexibility index (Phi) is 6.99. The SMILES string of the molecule is CC[C@@H](Oc1ccccc1C)C(=O)Nc1cc(S(=O)(=O)N2CCCC2)ccc1OC. The van der Waals surface area contributed by atoms with Crippen molar-refractivity contribution in [2.45, 2.75) is 44.1 Å². The molecule has 1 saturated heterocycles. The summed E-state index contributed by atoms with van der Waals surface area (Å²) < 4.78 is 38.5. The molecule has 2 aromatic rings. The van der Waals surface area contributed by atoms with Gasteiger partial charge in [-0.05, 0) is 56.0 Å². The lowest BCUT2D eigenvalue weighted by Gasteiger charge is -2.20. The maximum Gasteiger partial charge on any atom is 0.265 e. The Labute approximate surface area is 178 Å². The van der Waals surface area contributed by atoms with Gasteiger partial charge in [0.15, 0.2) is 6.10 Å². The summed E-state index contributed by atoms with van der Waals surface area (Å²) in [5, 5.41) is 2.78. The number of hydrogen-bond donors (Lipinski definition) is 1. The first-order valence-electron chi connectivity index (χ1n) is 10.1. The van der Waals surface area contributed by atoms with E-state index in [2.05, 4.69) is 5.32 Å². The zero-order chi connectivity index (χ0) is 21.7. The van der Waals surface area contributed by atoms with E-state index < -0.39 is 16.1 Å². The quantitative estimate of drug-likeness (QED) is 0.689. The van der Waals surface area contributed by atoms with Crippen molar-refractivity contribution in [3.05, 3.63) is 48.0 Å². The molecule has 1 fully saturated rings. The van der Waals surface area contributed by atoms with Gasteiger partial charge in [-0.25, -0.2) is 8.42 Å². The molecule has 1 atom stereocenters. The minimum atomic E-state index is -3.61. The van der Waals surface area contributed by atoms with Crippen LogP contribution in [0, 0.1) is 6.92 Å². The molecule has 3 rings (SSSR count). The highest BCUT2D eigenvalue weighted by Gasteiger charge is 2.28. The molecule has 0 radical (unpaired) electrons. The molecule has 1 aliphatic heterocycles. The molecule has 0 bridgehead atoms. The van der Waals surface area contributed by atoms with Gasteiger partial charge in [0.2, 0.25) is 10.0 Å². The molecule has 162 valence electrons. The number of ether oxygens (including phenoxy) is 2. The molecule has 0 aromatic heterocycles. The number of hydrogen-bond acceptors (Lipinski definition) is 5. The van der Waals surface area contributed by atoms with Crippen molar-refractivity contribution in [3.63, 3.8) is 0 Å². The van der Waals surface area contributed by atoms with Crippen molar-refractivity contribution < 1.29 is 22.7 Å². The van der Waals surface area contributed by atoms with E-state index in [0.29, 0.717) is 36.7 Å². The number of carbonyl (C=O) groups excluding carboxylic acids is 1. The summed E-state index contributed by atoms with van der Waals surface area (Å²) in [4.78, 5) is 13.0. The van der Waals surface area contributed by atoms with E-state index in [4.69, 9.17) is 9.47 Å². The van der Waals surface area contributed by atoms with Gasteiger partial charge >= 0.3 is 0 Å². The lowest BCUT2D eigenvalue weighted by molar-refractivity contribution is -0.122. The Morgan fingerprint density at radius 1 is 1.13 bits per heavy atom. The van der Waals surface area contributed by atoms with Crippen molar-refractivity contribution in [2.24, 2.45) is 0 Å². The number of nitrogens with zero attached hydrogens (tertiary/aromatic N) is 1. The van der Waals surface area contributed by atoms with Crippen molar-refractivity contribution in [1.29, 1.82) is 0 Å². The number of nitrogens with one attached hydrogen (secondary N) is 1. The van der Waals surface area contributed by atoms with Crippen LogP contribution in [0.3, 0.4) is 0 Å². The van der Waals surface area contributed by atoms with E-state index in [1.54, 1.807) is 6.07 Å². The second-order valence-corrected chi connectivity index (χ2v) is 9.18. The van der Waals surface area contributed by atoms with Crippen molar-refractivity contribution in [1.82, 2.24) is 4.31 Å². The van der Waals surface area contributed by atoms with E-state index in [-0.39, 0.29) is 10.8 Å². The minimum absolute atomic E-state index is 0.133. The van der Waals surface area contributed by atoms with E-state index in [1.807, 2.05) is 38.1 Å². The minimum Gasteiger partial charge on any atom is -0.495 e. The maximum absolute atomic E-state index is 12.9. The summed E-state index contributed by atoms with van der Waals surface area (Å²) in [7, 11) is -2.13. The molecule has 7 nitrogen and oxygen atoms in total. The Bertz CT molecular complexity index is 1000. The molecule has 1 N–H and O–H groups in total. The molecule has 2 aromatic carbocycles. The maximum atomic E-state index is 12.9. The highest BCUT2D eigenvalue weighted by atomic mass is 32.2. The first-order valence-corrected chi connectivity index (χ1v) is 11.5. The molecule has 1 aliphatic rings. The van der Waals surface area contributed by atoms with E-state index >= 15 is 0 Å². The first-order chi connectivity index (χ1) is 14.4. The van der Waals surface area contributed by atoms with Gasteiger partial charge in [-0.3, -0.25) is 4.79 Å². The fourth-order valence-corrected chi connectivity index (χ4v) is 4.94. The van der Waals surface area contributed by atoms with Gasteiger partial charge in [-0.15, -0.1) is 0 Å². The lowest BCUT2D eigenvalue weighted by atomic mass is 10.2. The first kappa shape index (κ1) is 22.1. The molecular formula is C22H28N2O5S. The molecule has 0 unspecified atom stereocenters. The summed E-state index contributed by atoms with van der Waals surface area (Å²) in [5.41, 5.74) is 1.23. The number of rotatable bonds is 8.